The second kappa shape index (κ2) is 4.79. The van der Waals surface area contributed by atoms with Crippen LogP contribution >= 0.6 is 12.2 Å². The molecule has 0 bridgehead atoms. The Bertz CT molecular complexity index is 585. The first kappa shape index (κ1) is 13.2. The van der Waals surface area contributed by atoms with Crippen LogP contribution in [0.1, 0.15) is 18.4 Å². The second-order valence-corrected chi connectivity index (χ2v) is 5.91. The highest BCUT2D eigenvalue weighted by Crippen LogP contribution is 2.22. The zero-order valence-corrected chi connectivity index (χ0v) is 10.9. The van der Waals surface area contributed by atoms with Crippen LogP contribution in [0.25, 0.3) is 0 Å². The normalized spacial score (nSPS) is 15.4. The van der Waals surface area contributed by atoms with E-state index in [4.69, 9.17) is 18.0 Å². The van der Waals surface area contributed by atoms with Gasteiger partial charge in [-0.1, -0.05) is 18.3 Å². The maximum Gasteiger partial charge on any atom is 0.299 e. The van der Waals surface area contributed by atoms with E-state index in [-0.39, 0.29) is 22.3 Å². The van der Waals surface area contributed by atoms with Crippen molar-refractivity contribution in [3.63, 3.8) is 0 Å². The lowest BCUT2D eigenvalue weighted by Crippen LogP contribution is -2.32. The molecule has 18 heavy (non-hydrogen) atoms. The summed E-state index contributed by atoms with van der Waals surface area (Å²) in [5, 5.41) is 0. The number of nitrogens with one attached hydrogen (secondary N) is 2. The van der Waals surface area contributed by atoms with Crippen LogP contribution in [0.4, 0.5) is 10.1 Å². The van der Waals surface area contributed by atoms with Crippen LogP contribution < -0.4 is 15.2 Å². The van der Waals surface area contributed by atoms with E-state index in [1.807, 2.05) is 0 Å². The van der Waals surface area contributed by atoms with E-state index < -0.39 is 16.0 Å². The van der Waals surface area contributed by atoms with Gasteiger partial charge in [-0.25, -0.2) is 4.39 Å². The maximum atomic E-state index is 13.5. The first-order valence-corrected chi connectivity index (χ1v) is 7.16. The Hall–Kier alpha value is -1.25. The maximum absolute atomic E-state index is 13.5. The van der Waals surface area contributed by atoms with E-state index in [1.165, 1.54) is 18.2 Å². The number of rotatable bonds is 5. The summed E-state index contributed by atoms with van der Waals surface area (Å²) >= 11 is 4.71. The second-order valence-electron chi connectivity index (χ2n) is 4.02. The van der Waals surface area contributed by atoms with Gasteiger partial charge in [-0.3, -0.25) is 4.72 Å². The fourth-order valence-corrected chi connectivity index (χ4v) is 2.85. The molecule has 0 aliphatic heterocycles. The molecule has 8 heteroatoms. The van der Waals surface area contributed by atoms with Gasteiger partial charge >= 0.3 is 0 Å². The molecular weight excluding hydrogens is 277 g/mol. The fraction of sp³-hybridized carbons (Fsp3) is 0.300. The minimum atomic E-state index is -3.73. The van der Waals surface area contributed by atoms with Gasteiger partial charge in [-0.05, 0) is 25.0 Å². The van der Waals surface area contributed by atoms with E-state index in [0.29, 0.717) is 0 Å². The fourth-order valence-electron chi connectivity index (χ4n) is 1.45. The lowest BCUT2D eigenvalue weighted by Gasteiger charge is -2.12. The van der Waals surface area contributed by atoms with E-state index in [2.05, 4.69) is 9.44 Å². The molecule has 0 saturated heterocycles. The predicted octanol–water partition coefficient (Wildman–Crippen LogP) is 0.869. The Morgan fingerprint density at radius 1 is 1.44 bits per heavy atom. The van der Waals surface area contributed by atoms with Gasteiger partial charge in [0.05, 0.1) is 11.3 Å². The monoisotopic (exact) mass is 289 g/mol. The molecule has 98 valence electrons. The number of thiocarbonyl (C=S) groups is 1. The molecule has 0 amide bonds. The molecule has 0 aromatic heterocycles. The van der Waals surface area contributed by atoms with Gasteiger partial charge in [0, 0.05) is 6.04 Å². The number of hydrogen-bond donors (Lipinski definition) is 3. The molecule has 2 rings (SSSR count). The summed E-state index contributed by atoms with van der Waals surface area (Å²) < 4.78 is 41.6. The molecule has 0 spiro atoms. The summed E-state index contributed by atoms with van der Waals surface area (Å²) in [7, 11) is -3.73. The van der Waals surface area contributed by atoms with E-state index in [9.17, 15) is 12.8 Å². The van der Waals surface area contributed by atoms with Crippen molar-refractivity contribution in [2.24, 2.45) is 5.73 Å². The van der Waals surface area contributed by atoms with Crippen LogP contribution in [-0.4, -0.2) is 19.4 Å². The smallest absolute Gasteiger partial charge is 0.299 e. The SMILES string of the molecule is NC(=S)c1c(F)cccc1NS(=O)(=O)NC1CC1. The number of halogens is 1. The van der Waals surface area contributed by atoms with Gasteiger partial charge in [0.15, 0.2) is 0 Å². The molecule has 1 saturated carbocycles. The van der Waals surface area contributed by atoms with Crippen molar-refractivity contribution in [2.75, 3.05) is 4.72 Å². The highest BCUT2D eigenvalue weighted by atomic mass is 32.2. The minimum Gasteiger partial charge on any atom is -0.389 e. The van der Waals surface area contributed by atoms with Crippen LogP contribution in [0.5, 0.6) is 0 Å². The Morgan fingerprint density at radius 3 is 2.67 bits per heavy atom. The molecule has 0 atom stereocenters. The summed E-state index contributed by atoms with van der Waals surface area (Å²) in [6.07, 6.45) is 1.62. The lowest BCUT2D eigenvalue weighted by molar-refractivity contribution is 0.586. The van der Waals surface area contributed by atoms with E-state index >= 15 is 0 Å². The van der Waals surface area contributed by atoms with Gasteiger partial charge in [0.25, 0.3) is 10.2 Å². The van der Waals surface area contributed by atoms with Gasteiger partial charge < -0.3 is 5.73 Å². The molecule has 1 fully saturated rings. The van der Waals surface area contributed by atoms with Crippen molar-refractivity contribution in [1.29, 1.82) is 0 Å². The third kappa shape index (κ3) is 3.15. The Kier molecular flexibility index (Phi) is 3.51. The highest BCUT2D eigenvalue weighted by Gasteiger charge is 2.27. The Labute approximate surface area is 110 Å². The largest absolute Gasteiger partial charge is 0.389 e. The zero-order chi connectivity index (χ0) is 13.3. The summed E-state index contributed by atoms with van der Waals surface area (Å²) in [5.74, 6) is -0.658. The molecule has 1 aromatic carbocycles. The minimum absolute atomic E-state index is 0.0376. The van der Waals surface area contributed by atoms with Crippen molar-refractivity contribution >= 4 is 33.1 Å². The third-order valence-electron chi connectivity index (χ3n) is 2.40. The van der Waals surface area contributed by atoms with Crippen molar-refractivity contribution in [1.82, 2.24) is 4.72 Å². The van der Waals surface area contributed by atoms with E-state index in [0.717, 1.165) is 12.8 Å². The molecule has 1 aliphatic rings. The van der Waals surface area contributed by atoms with Crippen LogP contribution in [0.3, 0.4) is 0 Å². The predicted molar refractivity (Wildman–Crippen MR) is 71.0 cm³/mol. The third-order valence-corrected chi connectivity index (χ3v) is 3.74. The van der Waals surface area contributed by atoms with Gasteiger partial charge in [0.2, 0.25) is 0 Å². The Morgan fingerprint density at radius 2 is 2.11 bits per heavy atom. The molecule has 5 nitrogen and oxygen atoms in total. The quantitative estimate of drug-likeness (QED) is 0.702. The lowest BCUT2D eigenvalue weighted by atomic mass is 10.2. The molecule has 0 radical (unpaired) electrons. The summed E-state index contributed by atoms with van der Waals surface area (Å²) in [6, 6.07) is 3.92. The van der Waals surface area contributed by atoms with Crippen molar-refractivity contribution < 1.29 is 12.8 Å². The van der Waals surface area contributed by atoms with Crippen LogP contribution in [0.15, 0.2) is 18.2 Å². The van der Waals surface area contributed by atoms with Crippen molar-refractivity contribution in [3.8, 4) is 0 Å². The summed E-state index contributed by atoms with van der Waals surface area (Å²) in [5.41, 5.74) is 5.32. The highest BCUT2D eigenvalue weighted by molar-refractivity contribution is 7.90. The summed E-state index contributed by atoms with van der Waals surface area (Å²) in [4.78, 5) is -0.197. The zero-order valence-electron chi connectivity index (χ0n) is 9.31. The molecule has 1 aliphatic carbocycles. The van der Waals surface area contributed by atoms with Crippen LogP contribution in [0.2, 0.25) is 0 Å². The standard InChI is InChI=1S/C10H12FN3O2S2/c11-7-2-1-3-8(9(7)10(12)17)14-18(15,16)13-6-4-5-6/h1-3,6,13-14H,4-5H2,(H2,12,17). The molecule has 4 N–H and O–H groups in total. The van der Waals surface area contributed by atoms with Gasteiger partial charge in [-0.15, -0.1) is 0 Å². The van der Waals surface area contributed by atoms with Crippen molar-refractivity contribution in [3.05, 3.63) is 29.6 Å². The van der Waals surface area contributed by atoms with Gasteiger partial charge in [-0.2, -0.15) is 13.1 Å². The molecule has 1 aromatic rings. The Balaban J connectivity index is 2.28. The van der Waals surface area contributed by atoms with E-state index in [1.54, 1.807) is 0 Å². The molecule has 0 unspecified atom stereocenters. The average Bonchev–Trinajstić information content (AvgIpc) is 2.99. The molecule has 0 heterocycles. The summed E-state index contributed by atoms with van der Waals surface area (Å²) in [6.45, 7) is 0. The first-order valence-electron chi connectivity index (χ1n) is 5.27. The van der Waals surface area contributed by atoms with Crippen molar-refractivity contribution in [2.45, 2.75) is 18.9 Å². The number of anilines is 1. The molecular formula is C10H12FN3O2S2. The first-order chi connectivity index (χ1) is 8.39. The van der Waals surface area contributed by atoms with Crippen LogP contribution in [-0.2, 0) is 10.2 Å². The number of hydrogen-bond acceptors (Lipinski definition) is 3. The topological polar surface area (TPSA) is 84.2 Å². The van der Waals surface area contributed by atoms with Gasteiger partial charge in [0.1, 0.15) is 10.8 Å². The van der Waals surface area contributed by atoms with Crippen LogP contribution in [0, 0.1) is 5.82 Å². The number of nitrogens with two attached hydrogens (primary N) is 1. The number of benzene rings is 1. The average molecular weight is 289 g/mol.